The lowest BCUT2D eigenvalue weighted by molar-refractivity contribution is 0.721. The highest BCUT2D eigenvalue weighted by Crippen LogP contribution is 2.17. The third-order valence-electron chi connectivity index (χ3n) is 2.77. The largest absolute Gasteiger partial charge is 0.313 e. The van der Waals surface area contributed by atoms with Crippen LogP contribution in [-0.2, 0) is 13.0 Å². The average molecular weight is 242 g/mol. The number of nitrogens with zero attached hydrogens (tertiary/aromatic N) is 3. The molecule has 2 aromatic rings. The van der Waals surface area contributed by atoms with Crippen LogP contribution in [0.5, 0.6) is 0 Å². The molecule has 4 heteroatoms. The van der Waals surface area contributed by atoms with Gasteiger partial charge < -0.3 is 5.32 Å². The second-order valence-corrected chi connectivity index (χ2v) is 4.06. The lowest BCUT2D eigenvalue weighted by atomic mass is 10.1. The van der Waals surface area contributed by atoms with Gasteiger partial charge in [0.15, 0.2) is 5.82 Å². The first kappa shape index (κ1) is 12.6. The predicted molar refractivity (Wildman–Crippen MR) is 72.0 cm³/mol. The Morgan fingerprint density at radius 3 is 2.56 bits per heavy atom. The van der Waals surface area contributed by atoms with Crippen molar-refractivity contribution in [1.29, 1.82) is 0 Å². The molecule has 1 N–H and O–H groups in total. The maximum atomic E-state index is 4.40. The fourth-order valence-corrected chi connectivity index (χ4v) is 1.76. The summed E-state index contributed by atoms with van der Waals surface area (Å²) in [4.78, 5) is 13.2. The van der Waals surface area contributed by atoms with Gasteiger partial charge in [-0.15, -0.1) is 0 Å². The van der Waals surface area contributed by atoms with Gasteiger partial charge in [0.25, 0.3) is 0 Å². The molecule has 18 heavy (non-hydrogen) atoms. The van der Waals surface area contributed by atoms with Crippen molar-refractivity contribution >= 4 is 0 Å². The molecule has 0 saturated carbocycles. The Labute approximate surface area is 108 Å². The molecular formula is C14H18N4. The molecule has 2 heterocycles. The summed E-state index contributed by atoms with van der Waals surface area (Å²) in [7, 11) is 0. The zero-order chi connectivity index (χ0) is 12.8. The minimum absolute atomic E-state index is 0.702. The van der Waals surface area contributed by atoms with Crippen molar-refractivity contribution in [2.24, 2.45) is 0 Å². The van der Waals surface area contributed by atoms with Gasteiger partial charge in [-0.2, -0.15) is 0 Å². The first-order valence-corrected chi connectivity index (χ1v) is 6.31. The fourth-order valence-electron chi connectivity index (χ4n) is 1.76. The third-order valence-corrected chi connectivity index (χ3v) is 2.77. The van der Waals surface area contributed by atoms with Crippen LogP contribution >= 0.6 is 0 Å². The van der Waals surface area contributed by atoms with E-state index in [0.717, 1.165) is 30.8 Å². The summed E-state index contributed by atoms with van der Waals surface area (Å²) in [5, 5.41) is 3.25. The molecule has 0 aliphatic heterocycles. The number of pyridine rings is 1. The molecule has 0 radical (unpaired) electrons. The molecule has 0 aliphatic rings. The van der Waals surface area contributed by atoms with Crippen molar-refractivity contribution in [1.82, 2.24) is 20.3 Å². The molecular weight excluding hydrogens is 224 g/mol. The molecule has 0 aromatic carbocycles. The Morgan fingerprint density at radius 1 is 1.11 bits per heavy atom. The summed E-state index contributed by atoms with van der Waals surface area (Å²) in [6.07, 6.45) is 6.44. The molecule has 0 atom stereocenters. The quantitative estimate of drug-likeness (QED) is 0.873. The van der Waals surface area contributed by atoms with Crippen LogP contribution in [0.4, 0.5) is 0 Å². The Kier molecular flexibility index (Phi) is 4.36. The monoisotopic (exact) mass is 242 g/mol. The summed E-state index contributed by atoms with van der Waals surface area (Å²) in [6.45, 7) is 5.94. The highest BCUT2D eigenvalue weighted by molar-refractivity contribution is 5.54. The molecule has 0 unspecified atom stereocenters. The van der Waals surface area contributed by atoms with E-state index in [1.165, 1.54) is 5.56 Å². The highest BCUT2D eigenvalue weighted by atomic mass is 14.9. The Morgan fingerprint density at radius 2 is 1.89 bits per heavy atom. The molecule has 2 aromatic heterocycles. The van der Waals surface area contributed by atoms with Gasteiger partial charge in [0.2, 0.25) is 0 Å². The summed E-state index contributed by atoms with van der Waals surface area (Å²) in [6, 6.07) is 4.01. The van der Waals surface area contributed by atoms with Crippen molar-refractivity contribution in [2.75, 3.05) is 6.54 Å². The van der Waals surface area contributed by atoms with E-state index < -0.39 is 0 Å². The Bertz CT molecular complexity index is 493. The van der Waals surface area contributed by atoms with E-state index in [0.29, 0.717) is 5.82 Å². The van der Waals surface area contributed by atoms with E-state index in [2.05, 4.69) is 40.2 Å². The SMILES string of the molecule is CCNCc1cnc(-c2ncccc2CC)nc1. The van der Waals surface area contributed by atoms with Gasteiger partial charge in [-0.3, -0.25) is 4.98 Å². The van der Waals surface area contributed by atoms with Crippen molar-refractivity contribution < 1.29 is 0 Å². The Balaban J connectivity index is 2.23. The summed E-state index contributed by atoms with van der Waals surface area (Å²) < 4.78 is 0. The predicted octanol–water partition coefficient (Wildman–Crippen LogP) is 2.21. The highest BCUT2D eigenvalue weighted by Gasteiger charge is 2.07. The van der Waals surface area contributed by atoms with Gasteiger partial charge in [0, 0.05) is 30.7 Å². The number of hydrogen-bond acceptors (Lipinski definition) is 4. The topological polar surface area (TPSA) is 50.7 Å². The number of rotatable bonds is 5. The number of hydrogen-bond donors (Lipinski definition) is 1. The number of aromatic nitrogens is 3. The molecule has 4 nitrogen and oxygen atoms in total. The molecule has 0 bridgehead atoms. The van der Waals surface area contributed by atoms with Crippen LogP contribution in [0.25, 0.3) is 11.5 Å². The maximum absolute atomic E-state index is 4.40. The molecule has 0 saturated heterocycles. The van der Waals surface area contributed by atoms with Crippen molar-refractivity contribution in [3.63, 3.8) is 0 Å². The van der Waals surface area contributed by atoms with Gasteiger partial charge in [0.1, 0.15) is 5.69 Å². The minimum atomic E-state index is 0.702. The van der Waals surface area contributed by atoms with Crippen LogP contribution in [0.1, 0.15) is 25.0 Å². The van der Waals surface area contributed by atoms with Crippen LogP contribution in [0, 0.1) is 0 Å². The van der Waals surface area contributed by atoms with Crippen molar-refractivity contribution in [3.05, 3.63) is 41.9 Å². The van der Waals surface area contributed by atoms with E-state index in [9.17, 15) is 0 Å². The number of nitrogens with one attached hydrogen (secondary N) is 1. The van der Waals surface area contributed by atoms with Gasteiger partial charge in [-0.1, -0.05) is 19.9 Å². The molecule has 0 spiro atoms. The summed E-state index contributed by atoms with van der Waals surface area (Å²) in [5.74, 6) is 0.702. The van der Waals surface area contributed by atoms with Gasteiger partial charge in [0.05, 0.1) is 0 Å². The minimum Gasteiger partial charge on any atom is -0.313 e. The average Bonchev–Trinajstić information content (AvgIpc) is 2.45. The lowest BCUT2D eigenvalue weighted by Gasteiger charge is -2.06. The van der Waals surface area contributed by atoms with E-state index in [4.69, 9.17) is 0 Å². The first-order valence-electron chi connectivity index (χ1n) is 6.31. The van der Waals surface area contributed by atoms with Crippen LogP contribution in [0.2, 0.25) is 0 Å². The van der Waals surface area contributed by atoms with Crippen LogP contribution < -0.4 is 5.32 Å². The van der Waals surface area contributed by atoms with E-state index in [1.54, 1.807) is 6.20 Å². The smallest absolute Gasteiger partial charge is 0.178 e. The molecule has 2 rings (SSSR count). The summed E-state index contributed by atoms with van der Waals surface area (Å²) >= 11 is 0. The lowest BCUT2D eigenvalue weighted by Crippen LogP contribution is -2.12. The third kappa shape index (κ3) is 2.90. The van der Waals surface area contributed by atoms with Crippen LogP contribution in [-0.4, -0.2) is 21.5 Å². The standard InChI is InChI=1S/C14H18N4/c1-3-12-6-5-7-16-13(12)14-17-9-11(10-18-14)8-15-4-2/h5-7,9-10,15H,3-4,8H2,1-2H3. The van der Waals surface area contributed by atoms with Gasteiger partial charge >= 0.3 is 0 Å². The van der Waals surface area contributed by atoms with Crippen molar-refractivity contribution in [2.45, 2.75) is 26.8 Å². The molecule has 0 fully saturated rings. The van der Waals surface area contributed by atoms with Crippen LogP contribution in [0.15, 0.2) is 30.7 Å². The zero-order valence-electron chi connectivity index (χ0n) is 10.8. The number of aryl methyl sites for hydroxylation is 1. The van der Waals surface area contributed by atoms with E-state index >= 15 is 0 Å². The van der Waals surface area contributed by atoms with Gasteiger partial charge in [-0.25, -0.2) is 9.97 Å². The second-order valence-electron chi connectivity index (χ2n) is 4.06. The summed E-state index contributed by atoms with van der Waals surface area (Å²) in [5.41, 5.74) is 3.15. The zero-order valence-corrected chi connectivity index (χ0v) is 10.8. The first-order chi connectivity index (χ1) is 8.85. The maximum Gasteiger partial charge on any atom is 0.178 e. The van der Waals surface area contributed by atoms with Crippen LogP contribution in [0.3, 0.4) is 0 Å². The van der Waals surface area contributed by atoms with Crippen molar-refractivity contribution in [3.8, 4) is 11.5 Å². The second kappa shape index (κ2) is 6.21. The molecule has 0 aliphatic carbocycles. The molecule has 0 amide bonds. The normalized spacial score (nSPS) is 10.6. The molecule has 94 valence electrons. The van der Waals surface area contributed by atoms with E-state index in [-0.39, 0.29) is 0 Å². The van der Waals surface area contributed by atoms with Gasteiger partial charge in [-0.05, 0) is 24.6 Å². The Hall–Kier alpha value is -1.81. The fraction of sp³-hybridized carbons (Fsp3) is 0.357. The van der Waals surface area contributed by atoms with E-state index in [1.807, 2.05) is 18.5 Å².